The zero-order valence-electron chi connectivity index (χ0n) is 14.9. The van der Waals surface area contributed by atoms with Crippen molar-refractivity contribution >= 4 is 11.7 Å². The number of nitrogens with one attached hydrogen (secondary N) is 3. The fourth-order valence-electron chi connectivity index (χ4n) is 3.58. The van der Waals surface area contributed by atoms with E-state index in [4.69, 9.17) is 0 Å². The van der Waals surface area contributed by atoms with Crippen molar-refractivity contribution in [3.8, 4) is 0 Å². The molecule has 1 atom stereocenters. The van der Waals surface area contributed by atoms with Crippen LogP contribution < -0.4 is 5.32 Å². The molecular formula is C20H23N5O. The van der Waals surface area contributed by atoms with Gasteiger partial charge in [-0.2, -0.15) is 10.2 Å². The van der Waals surface area contributed by atoms with Crippen LogP contribution in [0.15, 0.2) is 36.5 Å². The molecule has 1 aliphatic carbocycles. The molecule has 2 aromatic heterocycles. The largest absolute Gasteiger partial charge is 0.309 e. The van der Waals surface area contributed by atoms with Crippen LogP contribution in [0, 0.1) is 12.8 Å². The van der Waals surface area contributed by atoms with Crippen LogP contribution in [0.4, 0.5) is 5.82 Å². The third-order valence-electron chi connectivity index (χ3n) is 5.19. The van der Waals surface area contributed by atoms with E-state index in [0.29, 0.717) is 5.82 Å². The number of rotatable bonds is 5. The maximum Gasteiger partial charge on any atom is 0.229 e. The number of hydrogen-bond acceptors (Lipinski definition) is 3. The number of amides is 1. The second-order valence-corrected chi connectivity index (χ2v) is 7.01. The lowest BCUT2D eigenvalue weighted by molar-refractivity contribution is -0.120. The van der Waals surface area contributed by atoms with E-state index in [1.807, 2.05) is 12.3 Å². The van der Waals surface area contributed by atoms with Crippen molar-refractivity contribution in [3.05, 3.63) is 64.6 Å². The van der Waals surface area contributed by atoms with Gasteiger partial charge in [0.15, 0.2) is 5.82 Å². The number of carbonyl (C=O) groups is 1. The first-order valence-electron chi connectivity index (χ1n) is 9.10. The molecule has 0 saturated carbocycles. The number of carbonyl (C=O) groups excluding carboxylic acids is 1. The monoisotopic (exact) mass is 349 g/mol. The highest BCUT2D eigenvalue weighted by Gasteiger charge is 2.26. The molecule has 6 heteroatoms. The quantitative estimate of drug-likeness (QED) is 0.662. The smallest absolute Gasteiger partial charge is 0.229 e. The molecule has 0 bridgehead atoms. The van der Waals surface area contributed by atoms with E-state index in [9.17, 15) is 4.79 Å². The van der Waals surface area contributed by atoms with Crippen LogP contribution in [0.3, 0.4) is 0 Å². The molecule has 0 saturated heterocycles. The first-order valence-corrected chi connectivity index (χ1v) is 9.10. The summed E-state index contributed by atoms with van der Waals surface area (Å²) in [5, 5.41) is 17.3. The van der Waals surface area contributed by atoms with E-state index in [1.165, 1.54) is 11.1 Å². The lowest BCUT2D eigenvalue weighted by atomic mass is 9.87. The molecule has 4 rings (SSSR count). The Morgan fingerprint density at radius 3 is 3.04 bits per heavy atom. The zero-order chi connectivity index (χ0) is 17.9. The number of aromatic nitrogens is 4. The van der Waals surface area contributed by atoms with Crippen LogP contribution in [0.5, 0.6) is 0 Å². The minimum Gasteiger partial charge on any atom is -0.309 e. The predicted octanol–water partition coefficient (Wildman–Crippen LogP) is 2.97. The molecule has 0 unspecified atom stereocenters. The summed E-state index contributed by atoms with van der Waals surface area (Å²) in [7, 11) is 0. The van der Waals surface area contributed by atoms with Gasteiger partial charge in [-0.1, -0.05) is 24.3 Å². The Hall–Kier alpha value is -2.89. The highest BCUT2D eigenvalue weighted by atomic mass is 16.1. The molecule has 0 aliphatic heterocycles. The number of H-pyrrole nitrogens is 2. The Morgan fingerprint density at radius 1 is 1.27 bits per heavy atom. The van der Waals surface area contributed by atoms with Gasteiger partial charge in [0.2, 0.25) is 5.91 Å². The minimum absolute atomic E-state index is 0.0211. The molecule has 3 N–H and O–H groups in total. The summed E-state index contributed by atoms with van der Waals surface area (Å²) >= 11 is 0. The number of nitrogens with zero attached hydrogens (tertiary/aromatic N) is 2. The first kappa shape index (κ1) is 16.6. The van der Waals surface area contributed by atoms with Crippen molar-refractivity contribution in [1.29, 1.82) is 0 Å². The van der Waals surface area contributed by atoms with Crippen molar-refractivity contribution in [2.45, 2.75) is 39.0 Å². The maximum absolute atomic E-state index is 12.5. The van der Waals surface area contributed by atoms with Crippen LogP contribution in [0.2, 0.25) is 0 Å². The van der Waals surface area contributed by atoms with Gasteiger partial charge in [0, 0.05) is 23.4 Å². The van der Waals surface area contributed by atoms with Gasteiger partial charge >= 0.3 is 0 Å². The number of benzene rings is 1. The first-order chi connectivity index (χ1) is 12.7. The number of hydrogen-bond donors (Lipinski definition) is 3. The summed E-state index contributed by atoms with van der Waals surface area (Å²) in [5.74, 6) is 0.619. The van der Waals surface area contributed by atoms with E-state index in [0.717, 1.165) is 49.1 Å². The lowest BCUT2D eigenvalue weighted by Crippen LogP contribution is -2.28. The summed E-state index contributed by atoms with van der Waals surface area (Å²) in [6.07, 6.45) is 6.10. The Bertz CT molecular complexity index is 910. The van der Waals surface area contributed by atoms with Crippen molar-refractivity contribution in [3.63, 3.8) is 0 Å². The molecule has 134 valence electrons. The Labute approximate surface area is 152 Å². The molecule has 6 nitrogen and oxygen atoms in total. The highest BCUT2D eigenvalue weighted by molar-refractivity contribution is 5.92. The topological polar surface area (TPSA) is 86.5 Å². The van der Waals surface area contributed by atoms with Gasteiger partial charge in [-0.05, 0) is 55.7 Å². The lowest BCUT2D eigenvalue weighted by Gasteiger charge is -2.20. The van der Waals surface area contributed by atoms with Crippen molar-refractivity contribution in [1.82, 2.24) is 20.4 Å². The predicted molar refractivity (Wildman–Crippen MR) is 99.9 cm³/mol. The van der Waals surface area contributed by atoms with Gasteiger partial charge in [0.05, 0.1) is 6.20 Å². The summed E-state index contributed by atoms with van der Waals surface area (Å²) in [6, 6.07) is 10.3. The molecule has 2 heterocycles. The van der Waals surface area contributed by atoms with Gasteiger partial charge in [0.25, 0.3) is 0 Å². The van der Waals surface area contributed by atoms with Crippen LogP contribution in [0.1, 0.15) is 34.5 Å². The Kier molecular flexibility index (Phi) is 4.56. The number of fused-ring (bicyclic) bond motifs is 1. The normalized spacial score (nSPS) is 16.3. The van der Waals surface area contributed by atoms with Gasteiger partial charge in [-0.3, -0.25) is 15.0 Å². The van der Waals surface area contributed by atoms with E-state index >= 15 is 0 Å². The minimum atomic E-state index is -0.0211. The van der Waals surface area contributed by atoms with Crippen LogP contribution in [0.25, 0.3) is 0 Å². The van der Waals surface area contributed by atoms with Crippen molar-refractivity contribution in [2.75, 3.05) is 5.32 Å². The van der Waals surface area contributed by atoms with E-state index in [2.05, 4.69) is 56.9 Å². The molecule has 3 aromatic rings. The van der Waals surface area contributed by atoms with Gasteiger partial charge in [-0.25, -0.2) is 0 Å². The average molecular weight is 349 g/mol. The SMILES string of the molecule is Cc1ccccc1CCc1cc(NC(=O)[C@@H]2CCc3[nH]ncc3C2)n[nH]1. The number of aryl methyl sites for hydroxylation is 4. The van der Waals surface area contributed by atoms with E-state index in [1.54, 1.807) is 0 Å². The zero-order valence-corrected chi connectivity index (χ0v) is 14.9. The van der Waals surface area contributed by atoms with Gasteiger partial charge < -0.3 is 5.32 Å². The highest BCUT2D eigenvalue weighted by Crippen LogP contribution is 2.24. The average Bonchev–Trinajstić information content (AvgIpc) is 3.29. The Morgan fingerprint density at radius 2 is 2.15 bits per heavy atom. The molecule has 0 radical (unpaired) electrons. The van der Waals surface area contributed by atoms with Crippen LogP contribution in [-0.4, -0.2) is 26.3 Å². The number of aromatic amines is 2. The third kappa shape index (κ3) is 3.54. The fourth-order valence-corrected chi connectivity index (χ4v) is 3.58. The molecular weight excluding hydrogens is 326 g/mol. The molecule has 1 aliphatic rings. The number of anilines is 1. The molecule has 1 aromatic carbocycles. The van der Waals surface area contributed by atoms with Crippen molar-refractivity contribution < 1.29 is 4.79 Å². The van der Waals surface area contributed by atoms with Crippen molar-refractivity contribution in [2.24, 2.45) is 5.92 Å². The standard InChI is InChI=1S/C20H23N5O/c1-13-4-2-3-5-14(13)6-8-17-11-19(25-23-17)22-20(26)15-7-9-18-16(10-15)12-21-24-18/h2-5,11-12,15H,6-10H2,1H3,(H,21,24)(H2,22,23,25,26)/t15-/m1/s1. The Balaban J connectivity index is 1.33. The maximum atomic E-state index is 12.5. The second kappa shape index (κ2) is 7.15. The van der Waals surface area contributed by atoms with Gasteiger partial charge in [0.1, 0.15) is 0 Å². The third-order valence-corrected chi connectivity index (χ3v) is 5.19. The van der Waals surface area contributed by atoms with Crippen LogP contribution >= 0.6 is 0 Å². The molecule has 26 heavy (non-hydrogen) atoms. The molecule has 0 spiro atoms. The summed E-state index contributed by atoms with van der Waals surface area (Å²) in [4.78, 5) is 12.5. The van der Waals surface area contributed by atoms with Crippen LogP contribution in [-0.2, 0) is 30.5 Å². The summed E-state index contributed by atoms with van der Waals surface area (Å²) in [6.45, 7) is 2.13. The molecule has 1 amide bonds. The van der Waals surface area contributed by atoms with E-state index in [-0.39, 0.29) is 11.8 Å². The summed E-state index contributed by atoms with van der Waals surface area (Å²) < 4.78 is 0. The van der Waals surface area contributed by atoms with Gasteiger partial charge in [-0.15, -0.1) is 0 Å². The van der Waals surface area contributed by atoms with E-state index < -0.39 is 0 Å². The summed E-state index contributed by atoms with van der Waals surface area (Å²) in [5.41, 5.74) is 5.98. The second-order valence-electron chi connectivity index (χ2n) is 7.01. The molecule has 0 fully saturated rings. The fraction of sp³-hybridized carbons (Fsp3) is 0.350.